The Hall–Kier alpha value is -2.29. The van der Waals surface area contributed by atoms with Crippen LogP contribution in [0.5, 0.6) is 0 Å². The average Bonchev–Trinajstić information content (AvgIpc) is 2.74. The van der Waals surface area contributed by atoms with Crippen LogP contribution < -0.4 is 9.62 Å². The number of amides is 2. The Labute approximate surface area is 199 Å². The molecule has 0 aliphatic carbocycles. The van der Waals surface area contributed by atoms with E-state index in [0.717, 1.165) is 11.8 Å². The highest BCUT2D eigenvalue weighted by molar-refractivity contribution is 7.92. The minimum absolute atomic E-state index is 0.0709. The van der Waals surface area contributed by atoms with Crippen molar-refractivity contribution in [1.82, 2.24) is 10.2 Å². The molecule has 10 heteroatoms. The van der Waals surface area contributed by atoms with E-state index < -0.39 is 16.1 Å². The van der Waals surface area contributed by atoms with Crippen LogP contribution in [-0.4, -0.2) is 51.0 Å². The minimum atomic E-state index is -3.57. The molecule has 7 nitrogen and oxygen atoms in total. The van der Waals surface area contributed by atoms with E-state index in [4.69, 9.17) is 23.2 Å². The molecule has 0 spiro atoms. The van der Waals surface area contributed by atoms with Gasteiger partial charge in [0.15, 0.2) is 0 Å². The normalized spacial score (nSPS) is 12.2. The minimum Gasteiger partial charge on any atom is -0.357 e. The highest BCUT2D eigenvalue weighted by Gasteiger charge is 2.26. The number of carbonyl (C=O) groups is 2. The van der Waals surface area contributed by atoms with Gasteiger partial charge in [0.1, 0.15) is 6.04 Å². The van der Waals surface area contributed by atoms with Crippen molar-refractivity contribution in [3.63, 3.8) is 0 Å². The first-order valence-electron chi connectivity index (χ1n) is 10.0. The molecule has 0 saturated heterocycles. The maximum Gasteiger partial charge on any atom is 0.242 e. The van der Waals surface area contributed by atoms with Crippen LogP contribution in [0.4, 0.5) is 5.69 Å². The van der Waals surface area contributed by atoms with Crippen molar-refractivity contribution < 1.29 is 18.0 Å². The summed E-state index contributed by atoms with van der Waals surface area (Å²) in [5.41, 5.74) is 1.26. The zero-order valence-corrected chi connectivity index (χ0v) is 20.5. The van der Waals surface area contributed by atoms with Crippen LogP contribution in [0.1, 0.15) is 25.3 Å². The number of sulfonamides is 1. The average molecular weight is 500 g/mol. The highest BCUT2D eigenvalue weighted by Crippen LogP contribution is 2.22. The summed E-state index contributed by atoms with van der Waals surface area (Å²) in [6.45, 7) is 1.99. The Morgan fingerprint density at radius 2 is 1.72 bits per heavy atom. The maximum atomic E-state index is 13.0. The van der Waals surface area contributed by atoms with Crippen LogP contribution in [0, 0.1) is 0 Å². The second-order valence-corrected chi connectivity index (χ2v) is 10.1. The molecule has 0 bridgehead atoms. The number of nitrogens with zero attached hydrogens (tertiary/aromatic N) is 2. The van der Waals surface area contributed by atoms with Crippen molar-refractivity contribution in [3.8, 4) is 0 Å². The number of halogens is 2. The van der Waals surface area contributed by atoms with E-state index in [1.54, 1.807) is 55.5 Å². The van der Waals surface area contributed by atoms with E-state index in [9.17, 15) is 18.0 Å². The predicted octanol–water partition coefficient (Wildman–Crippen LogP) is 3.70. The van der Waals surface area contributed by atoms with Crippen LogP contribution >= 0.6 is 23.2 Å². The van der Waals surface area contributed by atoms with Crippen molar-refractivity contribution >= 4 is 50.7 Å². The smallest absolute Gasteiger partial charge is 0.242 e. The molecule has 0 heterocycles. The Balaban J connectivity index is 2.13. The number of carbonyl (C=O) groups excluding carboxylic acids is 2. The summed E-state index contributed by atoms with van der Waals surface area (Å²) in [6.07, 6.45) is 1.45. The number of hydrogen-bond donors (Lipinski definition) is 1. The summed E-state index contributed by atoms with van der Waals surface area (Å²) in [6, 6.07) is 12.9. The van der Waals surface area contributed by atoms with Gasteiger partial charge < -0.3 is 10.2 Å². The van der Waals surface area contributed by atoms with Crippen LogP contribution in [0.15, 0.2) is 48.5 Å². The third kappa shape index (κ3) is 7.39. The van der Waals surface area contributed by atoms with Gasteiger partial charge in [0.2, 0.25) is 21.8 Å². The summed E-state index contributed by atoms with van der Waals surface area (Å²) in [5.74, 6) is -0.542. The molecule has 0 saturated carbocycles. The Morgan fingerprint density at radius 3 is 2.28 bits per heavy atom. The molecule has 0 unspecified atom stereocenters. The van der Waals surface area contributed by atoms with Gasteiger partial charge in [-0.15, -0.1) is 0 Å². The molecule has 0 fully saturated rings. The maximum absolute atomic E-state index is 13.0. The van der Waals surface area contributed by atoms with Crippen molar-refractivity contribution in [2.75, 3.05) is 24.2 Å². The number of benzene rings is 2. The first-order chi connectivity index (χ1) is 15.0. The molecule has 2 aromatic carbocycles. The number of rotatable bonds is 10. The molecular weight excluding hydrogens is 473 g/mol. The zero-order valence-electron chi connectivity index (χ0n) is 18.2. The fraction of sp³-hybridized carbons (Fsp3) is 0.364. The van der Waals surface area contributed by atoms with Crippen molar-refractivity contribution in [2.24, 2.45) is 0 Å². The largest absolute Gasteiger partial charge is 0.357 e. The van der Waals surface area contributed by atoms with Gasteiger partial charge in [-0.25, -0.2) is 8.42 Å². The van der Waals surface area contributed by atoms with Gasteiger partial charge in [-0.05, 0) is 49.2 Å². The van der Waals surface area contributed by atoms with E-state index >= 15 is 0 Å². The number of likely N-dealkylation sites (N-methyl/N-ethyl adjacent to an activating group) is 1. The van der Waals surface area contributed by atoms with E-state index in [2.05, 4.69) is 5.32 Å². The standard InChI is InChI=1S/C22H27Cl2N3O4S/c1-16(22(29)25-2)26(15-17-9-11-18(23)12-10-17)21(28)8-5-13-27(32(3,30)31)20-7-4-6-19(24)14-20/h4,6-7,9-12,14,16H,5,8,13,15H2,1-3H3,(H,25,29)/t16-/m1/s1. The topological polar surface area (TPSA) is 86.8 Å². The van der Waals surface area contributed by atoms with Gasteiger partial charge in [0.05, 0.1) is 11.9 Å². The van der Waals surface area contributed by atoms with E-state index in [-0.39, 0.29) is 37.7 Å². The van der Waals surface area contributed by atoms with Crippen molar-refractivity contribution in [2.45, 2.75) is 32.4 Å². The Kier molecular flexibility index (Phi) is 9.36. The Morgan fingerprint density at radius 1 is 1.06 bits per heavy atom. The van der Waals surface area contributed by atoms with Gasteiger partial charge in [0.25, 0.3) is 0 Å². The predicted molar refractivity (Wildman–Crippen MR) is 128 cm³/mol. The summed E-state index contributed by atoms with van der Waals surface area (Å²) in [4.78, 5) is 26.7. The molecule has 174 valence electrons. The van der Waals surface area contributed by atoms with Gasteiger partial charge >= 0.3 is 0 Å². The SMILES string of the molecule is CNC(=O)[C@@H](C)N(Cc1ccc(Cl)cc1)C(=O)CCCN(c1cccc(Cl)c1)S(C)(=O)=O. The summed E-state index contributed by atoms with van der Waals surface area (Å²) in [7, 11) is -2.05. The lowest BCUT2D eigenvalue weighted by atomic mass is 10.1. The van der Waals surface area contributed by atoms with E-state index in [0.29, 0.717) is 15.7 Å². The van der Waals surface area contributed by atoms with E-state index in [1.807, 2.05) is 0 Å². The van der Waals surface area contributed by atoms with Crippen LogP contribution in [0.3, 0.4) is 0 Å². The van der Waals surface area contributed by atoms with Gasteiger partial charge in [0, 0.05) is 36.6 Å². The first-order valence-corrected chi connectivity index (χ1v) is 12.6. The quantitative estimate of drug-likeness (QED) is 0.539. The Bertz CT molecular complexity index is 1050. The van der Waals surface area contributed by atoms with Gasteiger partial charge in [-0.1, -0.05) is 41.4 Å². The van der Waals surface area contributed by atoms with Crippen molar-refractivity contribution in [3.05, 3.63) is 64.1 Å². The molecule has 1 N–H and O–H groups in total. The lowest BCUT2D eigenvalue weighted by molar-refractivity contribution is -0.140. The first kappa shape index (κ1) is 26.0. The number of nitrogens with one attached hydrogen (secondary N) is 1. The van der Waals surface area contributed by atoms with Crippen LogP contribution in [0.2, 0.25) is 10.0 Å². The summed E-state index contributed by atoms with van der Waals surface area (Å²) in [5, 5.41) is 3.56. The molecule has 0 aliphatic heterocycles. The molecule has 2 aromatic rings. The summed E-state index contributed by atoms with van der Waals surface area (Å²) >= 11 is 11.9. The van der Waals surface area contributed by atoms with Gasteiger partial charge in [-0.3, -0.25) is 13.9 Å². The third-order valence-electron chi connectivity index (χ3n) is 4.93. The monoisotopic (exact) mass is 499 g/mol. The fourth-order valence-corrected chi connectivity index (χ4v) is 4.48. The molecule has 0 radical (unpaired) electrons. The molecule has 1 atom stereocenters. The fourth-order valence-electron chi connectivity index (χ4n) is 3.21. The van der Waals surface area contributed by atoms with Crippen molar-refractivity contribution in [1.29, 1.82) is 0 Å². The van der Waals surface area contributed by atoms with Crippen LogP contribution in [0.25, 0.3) is 0 Å². The van der Waals surface area contributed by atoms with Crippen LogP contribution in [-0.2, 0) is 26.2 Å². The molecule has 0 aromatic heterocycles. The highest BCUT2D eigenvalue weighted by atomic mass is 35.5. The molecule has 0 aliphatic rings. The number of hydrogen-bond acceptors (Lipinski definition) is 4. The summed E-state index contributed by atoms with van der Waals surface area (Å²) < 4.78 is 25.8. The molecule has 2 amide bonds. The van der Waals surface area contributed by atoms with Gasteiger partial charge in [-0.2, -0.15) is 0 Å². The third-order valence-corrected chi connectivity index (χ3v) is 6.61. The molecule has 2 rings (SSSR count). The zero-order chi connectivity index (χ0) is 23.9. The molecular formula is C22H27Cl2N3O4S. The lowest BCUT2D eigenvalue weighted by Gasteiger charge is -2.29. The second kappa shape index (κ2) is 11.5. The lowest BCUT2D eigenvalue weighted by Crippen LogP contribution is -2.46. The second-order valence-electron chi connectivity index (χ2n) is 7.36. The number of anilines is 1. The molecule has 32 heavy (non-hydrogen) atoms. The van der Waals surface area contributed by atoms with E-state index in [1.165, 1.54) is 16.3 Å².